The first-order chi connectivity index (χ1) is 8.72. The average Bonchev–Trinajstić information content (AvgIpc) is 2.37. The fraction of sp³-hybridized carbons (Fsp3) is 0.625. The fourth-order valence-corrected chi connectivity index (χ4v) is 2.25. The summed E-state index contributed by atoms with van der Waals surface area (Å²) in [5, 5.41) is 13.5. The lowest BCUT2D eigenvalue weighted by atomic mass is 9.97. The van der Waals surface area contributed by atoms with Crippen molar-refractivity contribution in [2.75, 3.05) is 7.05 Å². The molecule has 0 aromatic heterocycles. The fourth-order valence-electron chi connectivity index (χ4n) is 2.25. The van der Waals surface area contributed by atoms with Gasteiger partial charge in [-0.25, -0.2) is 0 Å². The zero-order valence-corrected chi connectivity index (χ0v) is 12.1. The zero-order chi connectivity index (χ0) is 13.4. The molecular formula is C16H27NO. The predicted molar refractivity (Wildman–Crippen MR) is 78.1 cm³/mol. The molecule has 0 heterocycles. The molecule has 0 fully saturated rings. The van der Waals surface area contributed by atoms with E-state index in [9.17, 15) is 5.11 Å². The second kappa shape index (κ2) is 8.15. The standard InChI is InChI=1S/C16H27NO/c1-4-6-8-14-10-13(12-17-3)11-15(16(14)18)9-7-5-2/h10-11,17-18H,4-9,12H2,1-3H3. The Morgan fingerprint density at radius 1 is 1.00 bits per heavy atom. The maximum Gasteiger partial charge on any atom is 0.121 e. The van der Waals surface area contributed by atoms with Crippen molar-refractivity contribution in [2.45, 2.75) is 58.9 Å². The topological polar surface area (TPSA) is 32.3 Å². The Morgan fingerprint density at radius 3 is 1.89 bits per heavy atom. The van der Waals surface area contributed by atoms with E-state index in [0.29, 0.717) is 5.75 Å². The van der Waals surface area contributed by atoms with Crippen molar-refractivity contribution in [1.82, 2.24) is 5.32 Å². The van der Waals surface area contributed by atoms with Gasteiger partial charge in [0.1, 0.15) is 5.75 Å². The molecule has 0 amide bonds. The minimum Gasteiger partial charge on any atom is -0.507 e. The molecule has 0 aliphatic rings. The number of unbranched alkanes of at least 4 members (excludes halogenated alkanes) is 2. The summed E-state index contributed by atoms with van der Waals surface area (Å²) in [7, 11) is 1.96. The second-order valence-electron chi connectivity index (χ2n) is 5.00. The number of aryl methyl sites for hydroxylation is 2. The SMILES string of the molecule is CCCCc1cc(CNC)cc(CCCC)c1O. The maximum absolute atomic E-state index is 10.3. The molecule has 0 spiro atoms. The Hall–Kier alpha value is -1.02. The Kier molecular flexibility index (Phi) is 6.81. The highest BCUT2D eigenvalue weighted by molar-refractivity contribution is 5.44. The molecule has 1 aromatic carbocycles. The third-order valence-electron chi connectivity index (χ3n) is 3.31. The van der Waals surface area contributed by atoms with Crippen LogP contribution in [0, 0.1) is 0 Å². The lowest BCUT2D eigenvalue weighted by Crippen LogP contribution is -2.06. The van der Waals surface area contributed by atoms with Crippen LogP contribution in [0.5, 0.6) is 5.75 Å². The van der Waals surface area contributed by atoms with Gasteiger partial charge in [0.25, 0.3) is 0 Å². The lowest BCUT2D eigenvalue weighted by molar-refractivity contribution is 0.458. The predicted octanol–water partition coefficient (Wildman–Crippen LogP) is 3.80. The number of hydrogen-bond donors (Lipinski definition) is 2. The molecule has 2 heteroatoms. The summed E-state index contributed by atoms with van der Waals surface area (Å²) in [5.74, 6) is 0.539. The van der Waals surface area contributed by atoms with E-state index in [1.807, 2.05) is 7.05 Å². The number of benzene rings is 1. The van der Waals surface area contributed by atoms with Gasteiger partial charge in [-0.3, -0.25) is 0 Å². The van der Waals surface area contributed by atoms with E-state index in [4.69, 9.17) is 0 Å². The van der Waals surface area contributed by atoms with Crippen molar-refractivity contribution in [3.63, 3.8) is 0 Å². The van der Waals surface area contributed by atoms with E-state index in [-0.39, 0.29) is 0 Å². The summed E-state index contributed by atoms with van der Waals surface area (Å²) in [6.45, 7) is 5.25. The molecule has 0 bridgehead atoms. The molecule has 18 heavy (non-hydrogen) atoms. The van der Waals surface area contributed by atoms with Gasteiger partial charge in [0, 0.05) is 6.54 Å². The molecule has 0 atom stereocenters. The van der Waals surface area contributed by atoms with Crippen molar-refractivity contribution in [3.05, 3.63) is 28.8 Å². The van der Waals surface area contributed by atoms with Crippen LogP contribution in [0.3, 0.4) is 0 Å². The van der Waals surface area contributed by atoms with Gasteiger partial charge in [0.2, 0.25) is 0 Å². The Labute approximate surface area is 111 Å². The normalized spacial score (nSPS) is 10.8. The van der Waals surface area contributed by atoms with Crippen LogP contribution in [0.1, 0.15) is 56.2 Å². The van der Waals surface area contributed by atoms with E-state index in [1.54, 1.807) is 0 Å². The maximum atomic E-state index is 10.3. The smallest absolute Gasteiger partial charge is 0.121 e. The van der Waals surface area contributed by atoms with Crippen molar-refractivity contribution < 1.29 is 5.11 Å². The van der Waals surface area contributed by atoms with E-state index >= 15 is 0 Å². The molecule has 0 saturated carbocycles. The highest BCUT2D eigenvalue weighted by Crippen LogP contribution is 2.27. The van der Waals surface area contributed by atoms with Gasteiger partial charge >= 0.3 is 0 Å². The number of nitrogens with one attached hydrogen (secondary N) is 1. The van der Waals surface area contributed by atoms with Crippen LogP contribution in [0.25, 0.3) is 0 Å². The van der Waals surface area contributed by atoms with Crippen LogP contribution in [0.2, 0.25) is 0 Å². The minimum absolute atomic E-state index is 0.539. The van der Waals surface area contributed by atoms with Gasteiger partial charge < -0.3 is 10.4 Å². The van der Waals surface area contributed by atoms with Crippen LogP contribution in [-0.2, 0) is 19.4 Å². The van der Waals surface area contributed by atoms with Crippen molar-refractivity contribution in [2.24, 2.45) is 0 Å². The van der Waals surface area contributed by atoms with Gasteiger partial charge in [-0.2, -0.15) is 0 Å². The molecule has 0 saturated heterocycles. The molecule has 0 aliphatic heterocycles. The molecule has 102 valence electrons. The van der Waals surface area contributed by atoms with Crippen molar-refractivity contribution in [3.8, 4) is 5.75 Å². The van der Waals surface area contributed by atoms with Crippen molar-refractivity contribution >= 4 is 0 Å². The summed E-state index contributed by atoms with van der Waals surface area (Å²) < 4.78 is 0. The highest BCUT2D eigenvalue weighted by atomic mass is 16.3. The number of rotatable bonds is 8. The number of phenols is 1. The highest BCUT2D eigenvalue weighted by Gasteiger charge is 2.09. The number of aromatic hydroxyl groups is 1. The third kappa shape index (κ3) is 4.34. The Morgan fingerprint density at radius 2 is 1.50 bits per heavy atom. The molecule has 2 nitrogen and oxygen atoms in total. The van der Waals surface area contributed by atoms with Crippen LogP contribution < -0.4 is 5.32 Å². The molecule has 2 N–H and O–H groups in total. The molecular weight excluding hydrogens is 222 g/mol. The number of phenolic OH excluding ortho intramolecular Hbond substituents is 1. The van der Waals surface area contributed by atoms with Gasteiger partial charge in [-0.1, -0.05) is 38.8 Å². The van der Waals surface area contributed by atoms with E-state index in [0.717, 1.165) is 43.4 Å². The molecule has 0 aliphatic carbocycles. The van der Waals surface area contributed by atoms with E-state index in [2.05, 4.69) is 31.3 Å². The Balaban J connectivity index is 2.95. The molecule has 1 rings (SSSR count). The number of hydrogen-bond acceptors (Lipinski definition) is 2. The first kappa shape index (κ1) is 15.0. The summed E-state index contributed by atoms with van der Waals surface area (Å²) in [5.41, 5.74) is 3.53. The lowest BCUT2D eigenvalue weighted by Gasteiger charge is -2.13. The summed E-state index contributed by atoms with van der Waals surface area (Å²) in [6.07, 6.45) is 6.59. The first-order valence-corrected chi connectivity index (χ1v) is 7.21. The van der Waals surface area contributed by atoms with Crippen LogP contribution in [0.15, 0.2) is 12.1 Å². The van der Waals surface area contributed by atoms with Crippen LogP contribution in [0.4, 0.5) is 0 Å². The summed E-state index contributed by atoms with van der Waals surface area (Å²) >= 11 is 0. The van der Waals surface area contributed by atoms with Gasteiger partial charge in [-0.15, -0.1) is 0 Å². The van der Waals surface area contributed by atoms with Crippen molar-refractivity contribution in [1.29, 1.82) is 0 Å². The molecule has 0 radical (unpaired) electrons. The first-order valence-electron chi connectivity index (χ1n) is 7.21. The van der Waals surface area contributed by atoms with Gasteiger partial charge in [0.15, 0.2) is 0 Å². The van der Waals surface area contributed by atoms with Crippen LogP contribution in [-0.4, -0.2) is 12.2 Å². The largest absolute Gasteiger partial charge is 0.507 e. The van der Waals surface area contributed by atoms with Crippen LogP contribution >= 0.6 is 0 Å². The van der Waals surface area contributed by atoms with E-state index in [1.165, 1.54) is 18.4 Å². The minimum atomic E-state index is 0.539. The van der Waals surface area contributed by atoms with Gasteiger partial charge in [0.05, 0.1) is 0 Å². The molecule has 0 unspecified atom stereocenters. The molecule has 1 aromatic rings. The summed E-state index contributed by atoms with van der Waals surface area (Å²) in [4.78, 5) is 0. The monoisotopic (exact) mass is 249 g/mol. The van der Waals surface area contributed by atoms with E-state index < -0.39 is 0 Å². The third-order valence-corrected chi connectivity index (χ3v) is 3.31. The quantitative estimate of drug-likeness (QED) is 0.734. The second-order valence-corrected chi connectivity index (χ2v) is 5.00. The zero-order valence-electron chi connectivity index (χ0n) is 12.1. The van der Waals surface area contributed by atoms with Gasteiger partial charge in [-0.05, 0) is 49.4 Å². The Bertz CT molecular complexity index is 331. The average molecular weight is 249 g/mol. The summed E-state index contributed by atoms with van der Waals surface area (Å²) in [6, 6.07) is 4.30.